The molecule has 0 N–H and O–H groups in total. The Morgan fingerprint density at radius 1 is 0.833 bits per heavy atom. The van der Waals surface area contributed by atoms with E-state index in [1.165, 1.54) is 0 Å². The zero-order valence-electron chi connectivity index (χ0n) is 13.2. The third-order valence-electron chi connectivity index (χ3n) is 4.35. The van der Waals surface area contributed by atoms with Gasteiger partial charge >= 0.3 is 0 Å². The second-order valence-electron chi connectivity index (χ2n) is 5.94. The number of rotatable bonds is 2. The van der Waals surface area contributed by atoms with E-state index < -0.39 is 5.60 Å². The Bertz CT molecular complexity index is 903. The summed E-state index contributed by atoms with van der Waals surface area (Å²) < 4.78 is 6.36. The van der Waals surface area contributed by atoms with Gasteiger partial charge in [-0.05, 0) is 42.8 Å². The molecule has 3 aromatic carbocycles. The molecule has 24 heavy (non-hydrogen) atoms. The third-order valence-corrected chi connectivity index (χ3v) is 4.61. The van der Waals surface area contributed by atoms with Crippen LogP contribution in [0.15, 0.2) is 83.9 Å². The molecule has 0 aliphatic carbocycles. The second kappa shape index (κ2) is 5.81. The van der Waals surface area contributed by atoms with Crippen molar-refractivity contribution in [3.63, 3.8) is 0 Å². The molecule has 0 aromatic heterocycles. The smallest absolute Gasteiger partial charge is 0.222 e. The largest absolute Gasteiger partial charge is 0.461 e. The quantitative estimate of drug-likeness (QED) is 0.588. The van der Waals surface area contributed by atoms with Crippen LogP contribution in [0.2, 0.25) is 5.02 Å². The Morgan fingerprint density at radius 2 is 1.50 bits per heavy atom. The van der Waals surface area contributed by atoms with Gasteiger partial charge in [0.05, 0.1) is 5.69 Å². The van der Waals surface area contributed by atoms with Gasteiger partial charge in [-0.2, -0.15) is 0 Å². The highest BCUT2D eigenvalue weighted by molar-refractivity contribution is 6.30. The molecule has 3 aromatic rings. The molecule has 1 aliphatic rings. The van der Waals surface area contributed by atoms with E-state index in [0.717, 1.165) is 22.4 Å². The summed E-state index contributed by atoms with van der Waals surface area (Å²) in [6.07, 6.45) is 0. The molecule has 4 rings (SSSR count). The predicted molar refractivity (Wildman–Crippen MR) is 98.1 cm³/mol. The minimum Gasteiger partial charge on any atom is -0.461 e. The fourth-order valence-corrected chi connectivity index (χ4v) is 3.20. The lowest BCUT2D eigenvalue weighted by Gasteiger charge is -2.25. The van der Waals surface area contributed by atoms with Gasteiger partial charge in [0, 0.05) is 16.1 Å². The van der Waals surface area contributed by atoms with Crippen LogP contribution < -0.4 is 0 Å². The molecule has 1 aliphatic heterocycles. The van der Waals surface area contributed by atoms with Crippen molar-refractivity contribution in [1.82, 2.24) is 0 Å². The van der Waals surface area contributed by atoms with Crippen molar-refractivity contribution in [1.29, 1.82) is 0 Å². The first-order valence-corrected chi connectivity index (χ1v) is 8.23. The molecule has 1 unspecified atom stereocenters. The van der Waals surface area contributed by atoms with Crippen molar-refractivity contribution < 1.29 is 4.74 Å². The minimum atomic E-state index is -0.539. The molecule has 0 spiro atoms. The van der Waals surface area contributed by atoms with E-state index in [9.17, 15) is 0 Å². The van der Waals surface area contributed by atoms with Crippen LogP contribution >= 0.6 is 11.6 Å². The van der Waals surface area contributed by atoms with E-state index in [2.05, 4.69) is 31.2 Å². The maximum absolute atomic E-state index is 6.36. The normalized spacial score (nSPS) is 20.7. The Hall–Kier alpha value is -2.58. The van der Waals surface area contributed by atoms with Crippen LogP contribution in [0, 0.1) is 0 Å². The summed E-state index contributed by atoms with van der Waals surface area (Å²) in [5.74, 6) is 0.638. The molecule has 2 nitrogen and oxygen atoms in total. The van der Waals surface area contributed by atoms with Crippen LogP contribution in [0.5, 0.6) is 0 Å². The standard InChI is InChI=1S/C21H16ClNO/c1-21(15-7-3-2-4-8-15)19-10-6-5-9-18(19)20(24-21)23-17-13-11-16(22)12-14-17/h2-14H,1H3. The van der Waals surface area contributed by atoms with Crippen LogP contribution in [0.1, 0.15) is 23.6 Å². The number of hydrogen-bond donors (Lipinski definition) is 0. The van der Waals surface area contributed by atoms with Gasteiger partial charge in [-0.3, -0.25) is 0 Å². The van der Waals surface area contributed by atoms with E-state index in [-0.39, 0.29) is 0 Å². The molecule has 3 heteroatoms. The van der Waals surface area contributed by atoms with Gasteiger partial charge in [0.2, 0.25) is 5.90 Å². The zero-order chi connectivity index (χ0) is 16.6. The van der Waals surface area contributed by atoms with Gasteiger partial charge in [-0.25, -0.2) is 4.99 Å². The summed E-state index contributed by atoms with van der Waals surface area (Å²) in [5.41, 5.74) is 3.55. The lowest BCUT2D eigenvalue weighted by Crippen LogP contribution is -2.23. The van der Waals surface area contributed by atoms with E-state index >= 15 is 0 Å². The first-order chi connectivity index (χ1) is 11.7. The van der Waals surface area contributed by atoms with Crippen molar-refractivity contribution in [2.45, 2.75) is 12.5 Å². The maximum atomic E-state index is 6.36. The van der Waals surface area contributed by atoms with Crippen molar-refractivity contribution >= 4 is 23.2 Å². The highest BCUT2D eigenvalue weighted by atomic mass is 35.5. The van der Waals surface area contributed by atoms with Gasteiger partial charge in [-0.1, -0.05) is 60.1 Å². The third kappa shape index (κ3) is 2.49. The Morgan fingerprint density at radius 3 is 2.25 bits per heavy atom. The molecule has 118 valence electrons. The topological polar surface area (TPSA) is 21.6 Å². The van der Waals surface area contributed by atoms with Gasteiger partial charge in [0.25, 0.3) is 0 Å². The zero-order valence-corrected chi connectivity index (χ0v) is 14.0. The lowest BCUT2D eigenvalue weighted by molar-refractivity contribution is 0.135. The van der Waals surface area contributed by atoms with E-state index in [1.54, 1.807) is 0 Å². The van der Waals surface area contributed by atoms with E-state index in [0.29, 0.717) is 10.9 Å². The summed E-state index contributed by atoms with van der Waals surface area (Å²) in [4.78, 5) is 4.70. The molecule has 1 atom stereocenters. The SMILES string of the molecule is CC1(c2ccccc2)OC(=Nc2ccc(Cl)cc2)c2ccccc21. The van der Waals surface area contributed by atoms with Crippen LogP contribution in [-0.4, -0.2) is 5.90 Å². The molecule has 0 saturated heterocycles. The highest BCUT2D eigenvalue weighted by Crippen LogP contribution is 2.42. The van der Waals surface area contributed by atoms with Crippen molar-refractivity contribution in [2.24, 2.45) is 4.99 Å². The first kappa shape index (κ1) is 15.0. The number of ether oxygens (including phenoxy) is 1. The van der Waals surface area contributed by atoms with Crippen molar-refractivity contribution in [2.75, 3.05) is 0 Å². The van der Waals surface area contributed by atoms with Crippen LogP contribution in [0.3, 0.4) is 0 Å². The van der Waals surface area contributed by atoms with Crippen LogP contribution in [-0.2, 0) is 10.3 Å². The fourth-order valence-electron chi connectivity index (χ4n) is 3.08. The van der Waals surface area contributed by atoms with Crippen LogP contribution in [0.25, 0.3) is 0 Å². The molecule has 0 radical (unpaired) electrons. The average Bonchev–Trinajstić information content (AvgIpc) is 2.92. The number of halogens is 1. The first-order valence-electron chi connectivity index (χ1n) is 7.85. The molecular weight excluding hydrogens is 318 g/mol. The predicted octanol–water partition coefficient (Wildman–Crippen LogP) is 5.71. The number of fused-ring (bicyclic) bond motifs is 1. The monoisotopic (exact) mass is 333 g/mol. The summed E-state index contributed by atoms with van der Waals surface area (Å²) in [6.45, 7) is 2.09. The maximum Gasteiger partial charge on any atom is 0.222 e. The van der Waals surface area contributed by atoms with E-state index in [4.69, 9.17) is 21.3 Å². The molecule has 0 amide bonds. The fraction of sp³-hybridized carbons (Fsp3) is 0.0952. The van der Waals surface area contributed by atoms with Gasteiger partial charge in [-0.15, -0.1) is 0 Å². The summed E-state index contributed by atoms with van der Waals surface area (Å²) in [7, 11) is 0. The minimum absolute atomic E-state index is 0.539. The molecule has 0 bridgehead atoms. The highest BCUT2D eigenvalue weighted by Gasteiger charge is 2.41. The van der Waals surface area contributed by atoms with Gasteiger partial charge < -0.3 is 4.74 Å². The van der Waals surface area contributed by atoms with Crippen molar-refractivity contribution in [3.8, 4) is 0 Å². The summed E-state index contributed by atoms with van der Waals surface area (Å²) in [6, 6.07) is 25.9. The lowest BCUT2D eigenvalue weighted by atomic mass is 9.87. The Kier molecular flexibility index (Phi) is 3.62. The molecular formula is C21H16ClNO. The summed E-state index contributed by atoms with van der Waals surface area (Å²) in [5, 5.41) is 0.695. The van der Waals surface area contributed by atoms with Crippen molar-refractivity contribution in [3.05, 3.63) is 101 Å². The second-order valence-corrected chi connectivity index (χ2v) is 6.38. The van der Waals surface area contributed by atoms with E-state index in [1.807, 2.05) is 54.6 Å². The molecule has 0 fully saturated rings. The number of aliphatic imine (C=N–C) groups is 1. The average molecular weight is 334 g/mol. The Balaban J connectivity index is 1.83. The van der Waals surface area contributed by atoms with Gasteiger partial charge in [0.1, 0.15) is 0 Å². The Labute approximate surface area is 146 Å². The number of nitrogens with zero attached hydrogens (tertiary/aromatic N) is 1. The molecule has 1 heterocycles. The number of hydrogen-bond acceptors (Lipinski definition) is 2. The summed E-state index contributed by atoms with van der Waals surface area (Å²) >= 11 is 5.96. The molecule has 0 saturated carbocycles. The van der Waals surface area contributed by atoms with Gasteiger partial charge in [0.15, 0.2) is 5.60 Å². The van der Waals surface area contributed by atoms with Crippen LogP contribution in [0.4, 0.5) is 5.69 Å². The number of benzene rings is 3.